The molecule has 3 aromatic rings. The Morgan fingerprint density at radius 2 is 1.51 bits per heavy atom. The third-order valence-corrected chi connectivity index (χ3v) is 11.3. The van der Waals surface area contributed by atoms with Crippen LogP contribution in [0.4, 0.5) is 0 Å². The fraction of sp³-hybridized carbons (Fsp3) is 0.250. The zero-order chi connectivity index (χ0) is 29.4. The highest BCUT2D eigenvalue weighted by Crippen LogP contribution is 2.43. The smallest absolute Gasteiger partial charge is 0.353 e. The predicted molar refractivity (Wildman–Crippen MR) is 161 cm³/mol. The van der Waals surface area contributed by atoms with Crippen molar-refractivity contribution in [2.24, 2.45) is 11.8 Å². The summed E-state index contributed by atoms with van der Waals surface area (Å²) in [6, 6.07) is 13.3. The van der Waals surface area contributed by atoms with E-state index in [0.29, 0.717) is 17.7 Å². The van der Waals surface area contributed by atoms with Gasteiger partial charge in [-0.25, -0.2) is 9.80 Å². The van der Waals surface area contributed by atoms with Crippen LogP contribution in [0, 0.1) is 11.8 Å². The molecule has 3 amide bonds. The second-order valence-electron chi connectivity index (χ2n) is 9.51. The Balaban J connectivity index is 1.41. The highest BCUT2D eigenvalue weighted by Gasteiger charge is 2.54. The van der Waals surface area contributed by atoms with Gasteiger partial charge < -0.3 is 4.74 Å². The summed E-state index contributed by atoms with van der Waals surface area (Å²) in [5, 5.41) is 3.76. The van der Waals surface area contributed by atoms with Gasteiger partial charge in [-0.1, -0.05) is 61.1 Å². The van der Waals surface area contributed by atoms with E-state index in [1.807, 2.05) is 0 Å². The lowest BCUT2D eigenvalue weighted by atomic mass is 9.81. The van der Waals surface area contributed by atoms with Crippen LogP contribution in [-0.2, 0) is 9.59 Å². The molecule has 1 aliphatic carbocycles. The Bertz CT molecular complexity index is 1510. The summed E-state index contributed by atoms with van der Waals surface area (Å²) < 4.78 is 5.34. The van der Waals surface area contributed by atoms with Gasteiger partial charge in [0.15, 0.2) is 5.78 Å². The number of carbonyl (C=O) groups is 5. The second kappa shape index (κ2) is 12.3. The third kappa shape index (κ3) is 6.15. The molecule has 1 aliphatic heterocycles. The van der Waals surface area contributed by atoms with Gasteiger partial charge in [-0.3, -0.25) is 19.2 Å². The van der Waals surface area contributed by atoms with Gasteiger partial charge in [-0.05, 0) is 66.8 Å². The van der Waals surface area contributed by atoms with E-state index in [0.717, 1.165) is 10.0 Å². The standard InChI is InChI=1S/C28H20Br2Cl2N2O6S/c29-19-11-17-18(12-20(19)30)27(38)34(26(17)37)33(25(36)15-5-8-21(31)22(32)10-15)13-23(35)14-3-6-16(7-4-14)40-28(39)24-2-1-9-41-24/h1-10,17-20H,11-13H2/t17-,18+,19-,20-/m0/s1. The quantitative estimate of drug-likeness (QED) is 0.0909. The van der Waals surface area contributed by atoms with Crippen molar-refractivity contribution >= 4 is 95.9 Å². The summed E-state index contributed by atoms with van der Waals surface area (Å²) in [4.78, 5) is 66.8. The number of alkyl halides is 2. The molecule has 2 aliphatic rings. The van der Waals surface area contributed by atoms with E-state index in [1.165, 1.54) is 53.8 Å². The number of nitrogens with zero attached hydrogens (tertiary/aromatic N) is 2. The number of hydrogen-bond donors (Lipinski definition) is 0. The number of fused-ring (bicyclic) bond motifs is 1. The molecule has 1 aromatic heterocycles. The number of rotatable bonds is 7. The maximum absolute atomic E-state index is 13.7. The van der Waals surface area contributed by atoms with E-state index in [2.05, 4.69) is 31.9 Å². The fourth-order valence-corrected chi connectivity index (χ4v) is 6.95. The molecule has 2 heterocycles. The summed E-state index contributed by atoms with van der Waals surface area (Å²) in [6.45, 7) is -0.597. The van der Waals surface area contributed by atoms with Gasteiger partial charge in [0.05, 0.1) is 21.9 Å². The first-order valence-electron chi connectivity index (χ1n) is 12.4. The summed E-state index contributed by atoms with van der Waals surface area (Å²) >= 11 is 20.5. The average molecular weight is 743 g/mol. The van der Waals surface area contributed by atoms with Gasteiger partial charge in [0.25, 0.3) is 17.7 Å². The van der Waals surface area contributed by atoms with Crippen LogP contribution in [0.2, 0.25) is 10.0 Å². The van der Waals surface area contributed by atoms with Crippen molar-refractivity contribution in [3.8, 4) is 5.75 Å². The summed E-state index contributed by atoms with van der Waals surface area (Å²) in [5.74, 6) is -3.93. The Morgan fingerprint density at radius 3 is 2.07 bits per heavy atom. The maximum atomic E-state index is 13.7. The molecule has 212 valence electrons. The van der Waals surface area contributed by atoms with Crippen LogP contribution in [0.25, 0.3) is 0 Å². The molecule has 0 unspecified atom stereocenters. The number of ether oxygens (including phenoxy) is 1. The van der Waals surface area contributed by atoms with Crippen LogP contribution in [0.1, 0.15) is 43.2 Å². The maximum Gasteiger partial charge on any atom is 0.353 e. The monoisotopic (exact) mass is 740 g/mol. The van der Waals surface area contributed by atoms with E-state index < -0.39 is 47.9 Å². The second-order valence-corrected chi connectivity index (χ2v) is 13.6. The van der Waals surface area contributed by atoms with Crippen molar-refractivity contribution < 1.29 is 28.7 Å². The molecule has 1 saturated heterocycles. The minimum atomic E-state index is -0.760. The summed E-state index contributed by atoms with van der Waals surface area (Å²) in [5.41, 5.74) is 0.237. The molecule has 4 atom stereocenters. The van der Waals surface area contributed by atoms with E-state index in [4.69, 9.17) is 27.9 Å². The van der Waals surface area contributed by atoms with Crippen molar-refractivity contribution in [2.75, 3.05) is 6.54 Å². The lowest BCUT2D eigenvalue weighted by Gasteiger charge is -2.30. The molecule has 1 saturated carbocycles. The van der Waals surface area contributed by atoms with Crippen LogP contribution in [-0.4, -0.2) is 55.7 Å². The number of amides is 3. The highest BCUT2D eigenvalue weighted by molar-refractivity contribution is 9.12. The number of ketones is 1. The van der Waals surface area contributed by atoms with Crippen LogP contribution in [0.3, 0.4) is 0 Å². The Hall–Kier alpha value is -2.57. The van der Waals surface area contributed by atoms with Gasteiger partial charge in [0.2, 0.25) is 0 Å². The van der Waals surface area contributed by atoms with E-state index in [1.54, 1.807) is 17.5 Å². The lowest BCUT2D eigenvalue weighted by molar-refractivity contribution is -0.154. The van der Waals surface area contributed by atoms with E-state index >= 15 is 0 Å². The molecule has 8 nitrogen and oxygen atoms in total. The SMILES string of the molecule is O=C(CN(C(=O)c1ccc(Cl)c(Cl)c1)N1C(=O)[C@H]2C[C@H](Br)[C@@H](Br)C[C@H]2C1=O)c1ccc(OC(=O)c2cccs2)cc1. The Kier molecular flexibility index (Phi) is 9.01. The largest absolute Gasteiger partial charge is 0.422 e. The molecule has 0 bridgehead atoms. The molecule has 2 aromatic carbocycles. The van der Waals surface area contributed by atoms with Crippen molar-refractivity contribution in [3.63, 3.8) is 0 Å². The van der Waals surface area contributed by atoms with Crippen molar-refractivity contribution in [1.29, 1.82) is 0 Å². The number of Topliss-reactive ketones (excluding diaryl/α,β-unsaturated/α-hetero) is 1. The first-order chi connectivity index (χ1) is 19.5. The van der Waals surface area contributed by atoms with Crippen molar-refractivity contribution in [1.82, 2.24) is 10.0 Å². The summed E-state index contributed by atoms with van der Waals surface area (Å²) in [6.07, 6.45) is 0.798. The van der Waals surface area contributed by atoms with Gasteiger partial charge in [0, 0.05) is 20.8 Å². The average Bonchev–Trinajstić information content (AvgIpc) is 3.57. The molecule has 0 spiro atoms. The molecule has 5 rings (SSSR count). The lowest BCUT2D eigenvalue weighted by Crippen LogP contribution is -2.52. The molecule has 2 fully saturated rings. The summed E-state index contributed by atoms with van der Waals surface area (Å²) in [7, 11) is 0. The van der Waals surface area contributed by atoms with Crippen LogP contribution < -0.4 is 4.74 Å². The van der Waals surface area contributed by atoms with E-state index in [9.17, 15) is 24.0 Å². The topological polar surface area (TPSA) is 101 Å². The van der Waals surface area contributed by atoms with Crippen molar-refractivity contribution in [2.45, 2.75) is 22.5 Å². The zero-order valence-corrected chi connectivity index (χ0v) is 26.5. The molecule has 0 radical (unpaired) electrons. The van der Waals surface area contributed by atoms with Crippen LogP contribution in [0.15, 0.2) is 60.0 Å². The van der Waals surface area contributed by atoms with Gasteiger partial charge in [0.1, 0.15) is 17.2 Å². The first-order valence-corrected chi connectivity index (χ1v) is 15.8. The molecule has 13 heteroatoms. The number of hydrazine groups is 1. The van der Waals surface area contributed by atoms with Gasteiger partial charge in [-0.2, -0.15) is 5.01 Å². The molecular formula is C28H20Br2Cl2N2O6S. The number of benzene rings is 2. The first kappa shape index (κ1) is 29.9. The Labute approximate surface area is 265 Å². The minimum absolute atomic E-state index is 0.0336. The normalized spacial score (nSPS) is 21.9. The number of hydrogen-bond acceptors (Lipinski definition) is 7. The molecular weight excluding hydrogens is 723 g/mol. The van der Waals surface area contributed by atoms with Crippen LogP contribution >= 0.6 is 66.4 Å². The number of imide groups is 1. The molecule has 0 N–H and O–H groups in total. The number of thiophene rings is 1. The fourth-order valence-electron chi connectivity index (χ4n) is 4.82. The number of halogens is 4. The van der Waals surface area contributed by atoms with Gasteiger partial charge >= 0.3 is 5.97 Å². The zero-order valence-electron chi connectivity index (χ0n) is 21.0. The number of carbonyl (C=O) groups excluding carboxylic acids is 5. The van der Waals surface area contributed by atoms with Crippen LogP contribution in [0.5, 0.6) is 5.75 Å². The van der Waals surface area contributed by atoms with E-state index in [-0.39, 0.29) is 36.6 Å². The third-order valence-electron chi connectivity index (χ3n) is 6.93. The van der Waals surface area contributed by atoms with Gasteiger partial charge in [-0.15, -0.1) is 11.3 Å². The Morgan fingerprint density at radius 1 is 0.902 bits per heavy atom. The number of esters is 1. The highest BCUT2D eigenvalue weighted by atomic mass is 79.9. The van der Waals surface area contributed by atoms with Crippen molar-refractivity contribution in [3.05, 3.63) is 86.0 Å². The minimum Gasteiger partial charge on any atom is -0.422 e. The molecule has 41 heavy (non-hydrogen) atoms. The predicted octanol–water partition coefficient (Wildman–Crippen LogP) is 6.44.